The molecule has 1 fully saturated rings. The first-order chi connectivity index (χ1) is 14.5. The third-order valence-corrected chi connectivity index (χ3v) is 5.76. The molecule has 1 aromatic carbocycles. The fourth-order valence-electron chi connectivity index (χ4n) is 4.23. The van der Waals surface area contributed by atoms with Crippen LogP contribution in [0.3, 0.4) is 0 Å². The van der Waals surface area contributed by atoms with E-state index in [2.05, 4.69) is 11.2 Å². The zero-order chi connectivity index (χ0) is 21.3. The average molecular weight is 405 g/mol. The summed E-state index contributed by atoms with van der Waals surface area (Å²) >= 11 is 0. The summed E-state index contributed by atoms with van der Waals surface area (Å²) in [6.45, 7) is 6.70. The van der Waals surface area contributed by atoms with Crippen molar-refractivity contribution in [2.75, 3.05) is 13.7 Å². The van der Waals surface area contributed by atoms with E-state index >= 15 is 0 Å². The lowest BCUT2D eigenvalue weighted by atomic mass is 10.0. The Morgan fingerprint density at radius 3 is 2.63 bits per heavy atom. The predicted octanol–water partition coefficient (Wildman–Crippen LogP) is 4.78. The molecule has 0 bridgehead atoms. The molecule has 1 amide bonds. The minimum Gasteiger partial charge on any atom is -0.497 e. The number of nitrogens with zero attached hydrogens (tertiary/aromatic N) is 3. The van der Waals surface area contributed by atoms with Crippen molar-refractivity contribution in [2.45, 2.75) is 39.7 Å². The topological polar surface area (TPSA) is 60.5 Å². The van der Waals surface area contributed by atoms with Crippen LogP contribution in [0.2, 0.25) is 0 Å². The maximum Gasteiger partial charge on any atom is 0.247 e. The van der Waals surface area contributed by atoms with Crippen LogP contribution in [0, 0.1) is 20.8 Å². The van der Waals surface area contributed by atoms with Crippen molar-refractivity contribution < 1.29 is 14.1 Å². The van der Waals surface area contributed by atoms with Crippen molar-refractivity contribution in [3.8, 4) is 11.6 Å². The Labute approximate surface area is 176 Å². The van der Waals surface area contributed by atoms with Gasteiger partial charge in [-0.25, -0.2) is 0 Å². The number of benzene rings is 1. The smallest absolute Gasteiger partial charge is 0.247 e. The number of ether oxygens (including phenoxy) is 1. The molecule has 156 valence electrons. The molecule has 6 nitrogen and oxygen atoms in total. The minimum absolute atomic E-state index is 0.0374. The van der Waals surface area contributed by atoms with Crippen LogP contribution in [0.15, 0.2) is 47.0 Å². The van der Waals surface area contributed by atoms with E-state index in [1.54, 1.807) is 13.2 Å². The first-order valence-corrected chi connectivity index (χ1v) is 10.2. The molecule has 0 N–H and O–H groups in total. The summed E-state index contributed by atoms with van der Waals surface area (Å²) in [4.78, 5) is 14.9. The van der Waals surface area contributed by atoms with Crippen molar-refractivity contribution in [3.63, 3.8) is 0 Å². The molecule has 2 aromatic heterocycles. The second-order valence-corrected chi connectivity index (χ2v) is 7.75. The number of amides is 1. The second kappa shape index (κ2) is 8.22. The normalized spacial score (nSPS) is 16.5. The Morgan fingerprint density at radius 1 is 1.20 bits per heavy atom. The van der Waals surface area contributed by atoms with Gasteiger partial charge in [-0.05, 0) is 69.0 Å². The number of aromatic nitrogens is 2. The number of methoxy groups -OCH3 is 1. The molecular formula is C24H27N3O3. The molecule has 6 heteroatoms. The van der Waals surface area contributed by atoms with Gasteiger partial charge in [0.15, 0.2) is 5.82 Å². The molecule has 1 aliphatic rings. The summed E-state index contributed by atoms with van der Waals surface area (Å²) in [6.07, 6.45) is 5.57. The van der Waals surface area contributed by atoms with E-state index in [9.17, 15) is 4.79 Å². The Morgan fingerprint density at radius 2 is 1.97 bits per heavy atom. The third-order valence-electron chi connectivity index (χ3n) is 5.76. The van der Waals surface area contributed by atoms with Crippen molar-refractivity contribution in [1.82, 2.24) is 14.6 Å². The van der Waals surface area contributed by atoms with Gasteiger partial charge in [0.1, 0.15) is 11.5 Å². The highest BCUT2D eigenvalue weighted by Crippen LogP contribution is 2.33. The Balaban J connectivity index is 1.53. The number of rotatable bonds is 5. The highest BCUT2D eigenvalue weighted by Gasteiger charge is 2.28. The molecule has 0 spiro atoms. The van der Waals surface area contributed by atoms with Gasteiger partial charge in [0.2, 0.25) is 5.91 Å². The van der Waals surface area contributed by atoms with Crippen molar-refractivity contribution in [2.24, 2.45) is 0 Å². The van der Waals surface area contributed by atoms with Gasteiger partial charge in [0.25, 0.3) is 0 Å². The van der Waals surface area contributed by atoms with Crippen LogP contribution in [0.25, 0.3) is 11.9 Å². The first kappa shape index (κ1) is 20.0. The first-order valence-electron chi connectivity index (χ1n) is 10.2. The van der Waals surface area contributed by atoms with E-state index in [4.69, 9.17) is 9.26 Å². The molecule has 3 heterocycles. The molecule has 1 aliphatic heterocycles. The van der Waals surface area contributed by atoms with Crippen LogP contribution in [0.4, 0.5) is 0 Å². The quantitative estimate of drug-likeness (QED) is 0.574. The lowest BCUT2D eigenvalue weighted by Crippen LogP contribution is -2.28. The van der Waals surface area contributed by atoms with Crippen LogP contribution in [-0.2, 0) is 4.79 Å². The fourth-order valence-corrected chi connectivity index (χ4v) is 4.23. The van der Waals surface area contributed by atoms with Gasteiger partial charge in [0, 0.05) is 30.1 Å². The molecule has 1 unspecified atom stereocenters. The summed E-state index contributed by atoms with van der Waals surface area (Å²) in [6, 6.07) is 12.1. The van der Waals surface area contributed by atoms with Crippen LogP contribution in [0.5, 0.6) is 5.75 Å². The number of hydrogen-bond donors (Lipinski definition) is 0. The van der Waals surface area contributed by atoms with E-state index in [0.717, 1.165) is 59.2 Å². The van der Waals surface area contributed by atoms with Gasteiger partial charge >= 0.3 is 0 Å². The molecule has 4 rings (SSSR count). The lowest BCUT2D eigenvalue weighted by molar-refractivity contribution is -0.126. The predicted molar refractivity (Wildman–Crippen MR) is 116 cm³/mol. The molecule has 1 atom stereocenters. The zero-order valence-electron chi connectivity index (χ0n) is 17.9. The number of aryl methyl sites for hydroxylation is 2. The molecule has 0 aliphatic carbocycles. The molecular weight excluding hydrogens is 378 g/mol. The molecule has 0 saturated carbocycles. The van der Waals surface area contributed by atoms with Gasteiger partial charge in [-0.15, -0.1) is 0 Å². The van der Waals surface area contributed by atoms with Gasteiger partial charge in [0.05, 0.1) is 13.2 Å². The summed E-state index contributed by atoms with van der Waals surface area (Å²) in [7, 11) is 1.66. The maximum atomic E-state index is 13.0. The summed E-state index contributed by atoms with van der Waals surface area (Å²) in [5.41, 5.74) is 4.22. The van der Waals surface area contributed by atoms with Crippen LogP contribution in [0.1, 0.15) is 47.2 Å². The molecule has 1 saturated heterocycles. The SMILES string of the molecule is COc1ccc(C2CCCN2C(=O)/C=C/c2cc(C)n(-c3cc(C)on3)c2C)cc1. The van der Waals surface area contributed by atoms with Crippen LogP contribution >= 0.6 is 0 Å². The zero-order valence-corrected chi connectivity index (χ0v) is 17.9. The summed E-state index contributed by atoms with van der Waals surface area (Å²) in [5.74, 6) is 2.39. The van der Waals surface area contributed by atoms with Crippen molar-refractivity contribution >= 4 is 12.0 Å². The van der Waals surface area contributed by atoms with Crippen molar-refractivity contribution in [1.29, 1.82) is 0 Å². The van der Waals surface area contributed by atoms with Crippen LogP contribution in [-0.4, -0.2) is 34.2 Å². The second-order valence-electron chi connectivity index (χ2n) is 7.75. The average Bonchev–Trinajstić information content (AvgIpc) is 3.46. The van der Waals surface area contributed by atoms with Crippen LogP contribution < -0.4 is 4.74 Å². The summed E-state index contributed by atoms with van der Waals surface area (Å²) < 4.78 is 12.5. The standard InChI is InChI=1S/C24H27N3O3/c1-16-14-20(18(3)27(16)23-15-17(2)30-25-23)9-12-24(28)26-13-5-6-22(26)19-7-10-21(29-4)11-8-19/h7-12,14-15,22H,5-6,13H2,1-4H3/b12-9+. The largest absolute Gasteiger partial charge is 0.497 e. The van der Waals surface area contributed by atoms with Crippen molar-refractivity contribution in [3.05, 3.63) is 70.7 Å². The highest BCUT2D eigenvalue weighted by molar-refractivity contribution is 5.92. The van der Waals surface area contributed by atoms with E-state index < -0.39 is 0 Å². The van der Waals surface area contributed by atoms with Gasteiger partial charge in [-0.3, -0.25) is 9.36 Å². The van der Waals surface area contributed by atoms with Gasteiger partial charge in [-0.2, -0.15) is 0 Å². The Hall–Kier alpha value is -3.28. The van der Waals surface area contributed by atoms with E-state index in [-0.39, 0.29) is 11.9 Å². The Kier molecular flexibility index (Phi) is 5.48. The third kappa shape index (κ3) is 3.77. The molecule has 3 aromatic rings. The van der Waals surface area contributed by atoms with Gasteiger partial charge in [-0.1, -0.05) is 17.3 Å². The number of carbonyl (C=O) groups is 1. The van der Waals surface area contributed by atoms with E-state index in [1.807, 2.05) is 66.6 Å². The number of likely N-dealkylation sites (tertiary alicyclic amines) is 1. The van der Waals surface area contributed by atoms with Gasteiger partial charge < -0.3 is 14.2 Å². The number of hydrogen-bond acceptors (Lipinski definition) is 4. The Bertz CT molecular complexity index is 1080. The lowest BCUT2D eigenvalue weighted by Gasteiger charge is -2.24. The molecule has 0 radical (unpaired) electrons. The monoisotopic (exact) mass is 405 g/mol. The highest BCUT2D eigenvalue weighted by atomic mass is 16.5. The summed E-state index contributed by atoms with van der Waals surface area (Å²) in [5, 5.41) is 4.11. The molecule has 30 heavy (non-hydrogen) atoms. The maximum absolute atomic E-state index is 13.0. The fraction of sp³-hybridized carbons (Fsp3) is 0.333. The number of carbonyl (C=O) groups excluding carboxylic acids is 1. The minimum atomic E-state index is 0.0374. The van der Waals surface area contributed by atoms with E-state index in [0.29, 0.717) is 0 Å². The van der Waals surface area contributed by atoms with E-state index in [1.165, 1.54) is 0 Å².